The molecular formula is C2H7O7PS2. The maximum atomic E-state index is 10.3. The van der Waals surface area contributed by atoms with Gasteiger partial charge in [-0.05, 0) is 0 Å². The predicted molar refractivity (Wildman–Crippen MR) is 41.0 cm³/mol. The van der Waals surface area contributed by atoms with Crippen LogP contribution in [0.4, 0.5) is 0 Å². The third-order valence-corrected chi connectivity index (χ3v) is 3.58. The Morgan fingerprint density at radius 2 is 1.25 bits per heavy atom. The van der Waals surface area contributed by atoms with Gasteiger partial charge in [0.2, 0.25) is 0 Å². The molecule has 0 saturated carbocycles. The maximum absolute atomic E-state index is 10.3. The van der Waals surface area contributed by atoms with Crippen LogP contribution in [0, 0.1) is 0 Å². The summed E-state index contributed by atoms with van der Waals surface area (Å²) in [6.07, 6.45) is 1.31. The highest BCUT2D eigenvalue weighted by Crippen LogP contribution is 2.36. The minimum absolute atomic E-state index is 0.657. The highest BCUT2D eigenvalue weighted by atomic mass is 32.2. The fraction of sp³-hybridized carbons (Fsp3) is 1.00. The maximum Gasteiger partial charge on any atom is 0.361 e. The summed E-state index contributed by atoms with van der Waals surface area (Å²) >= 11 is 0. The van der Waals surface area contributed by atoms with Gasteiger partial charge >= 0.3 is 8.60 Å². The zero-order chi connectivity index (χ0) is 9.99. The van der Waals surface area contributed by atoms with Gasteiger partial charge in [-0.25, -0.2) is 0 Å². The summed E-state index contributed by atoms with van der Waals surface area (Å²) < 4.78 is 48.8. The second kappa shape index (κ2) is 3.95. The van der Waals surface area contributed by atoms with E-state index in [9.17, 15) is 16.8 Å². The molecule has 0 aliphatic carbocycles. The molecule has 0 aromatic rings. The Morgan fingerprint density at radius 3 is 1.42 bits per heavy atom. The van der Waals surface area contributed by atoms with Gasteiger partial charge in [0, 0.05) is 0 Å². The summed E-state index contributed by atoms with van der Waals surface area (Å²) in [6.45, 7) is 0. The van der Waals surface area contributed by atoms with E-state index in [0.29, 0.717) is 12.5 Å². The Bertz CT molecular complexity index is 292. The number of hydrogen-bond acceptors (Lipinski definition) is 7. The molecule has 0 fully saturated rings. The van der Waals surface area contributed by atoms with Gasteiger partial charge in [0.1, 0.15) is 0 Å². The first-order valence-electron chi connectivity index (χ1n) is 2.38. The van der Waals surface area contributed by atoms with Crippen molar-refractivity contribution in [3.05, 3.63) is 0 Å². The van der Waals surface area contributed by atoms with E-state index >= 15 is 0 Å². The first-order valence-corrected chi connectivity index (χ1v) is 7.14. The molecule has 0 saturated heterocycles. The lowest BCUT2D eigenvalue weighted by molar-refractivity contribution is 0.380. The fourth-order valence-corrected chi connectivity index (χ4v) is 2.42. The minimum atomic E-state index is -3.91. The van der Waals surface area contributed by atoms with Gasteiger partial charge in [-0.1, -0.05) is 0 Å². The van der Waals surface area contributed by atoms with Crippen LogP contribution in [0.3, 0.4) is 0 Å². The van der Waals surface area contributed by atoms with Crippen molar-refractivity contribution in [2.75, 3.05) is 12.5 Å². The summed E-state index contributed by atoms with van der Waals surface area (Å²) in [5.74, 6) is 0. The SMILES string of the molecule is CS(=O)(=O)OP(O)OS(C)(=O)=O. The number of rotatable bonds is 4. The van der Waals surface area contributed by atoms with Crippen LogP contribution in [-0.4, -0.2) is 34.2 Å². The molecule has 0 amide bonds. The highest BCUT2D eigenvalue weighted by Gasteiger charge is 2.19. The van der Waals surface area contributed by atoms with Crippen LogP contribution in [-0.2, 0) is 28.2 Å². The highest BCUT2D eigenvalue weighted by molar-refractivity contribution is 7.92. The van der Waals surface area contributed by atoms with Gasteiger partial charge in [-0.2, -0.15) is 24.8 Å². The first kappa shape index (κ1) is 12.2. The van der Waals surface area contributed by atoms with Crippen molar-refractivity contribution >= 4 is 28.8 Å². The van der Waals surface area contributed by atoms with Crippen LogP contribution in [0.5, 0.6) is 0 Å². The van der Waals surface area contributed by atoms with Crippen LogP contribution in [0.1, 0.15) is 0 Å². The summed E-state index contributed by atoms with van der Waals surface area (Å²) in [4.78, 5) is 8.58. The quantitative estimate of drug-likeness (QED) is 0.636. The molecule has 0 heterocycles. The molecule has 10 heteroatoms. The summed E-state index contributed by atoms with van der Waals surface area (Å²) in [6, 6.07) is 0. The predicted octanol–water partition coefficient (Wildman–Crippen LogP) is -0.842. The Hall–Kier alpha value is 0.210. The van der Waals surface area contributed by atoms with Gasteiger partial charge in [-0.15, -0.1) is 0 Å². The van der Waals surface area contributed by atoms with Crippen LogP contribution < -0.4 is 0 Å². The first-order chi connectivity index (χ1) is 5.10. The van der Waals surface area contributed by atoms with Crippen LogP contribution in [0.2, 0.25) is 0 Å². The Balaban J connectivity index is 4.19. The van der Waals surface area contributed by atoms with Crippen LogP contribution in [0.15, 0.2) is 0 Å². The summed E-state index contributed by atoms with van der Waals surface area (Å²) in [5, 5.41) is 0. The van der Waals surface area contributed by atoms with Crippen molar-refractivity contribution in [2.24, 2.45) is 0 Å². The zero-order valence-corrected chi connectivity index (χ0v) is 8.69. The van der Waals surface area contributed by atoms with E-state index in [1.807, 2.05) is 0 Å². The smallest absolute Gasteiger partial charge is 0.327 e. The summed E-state index contributed by atoms with van der Waals surface area (Å²) in [5.41, 5.74) is 0. The van der Waals surface area contributed by atoms with Crippen molar-refractivity contribution in [3.8, 4) is 0 Å². The fourth-order valence-electron chi connectivity index (χ4n) is 0.244. The molecule has 1 N–H and O–H groups in total. The van der Waals surface area contributed by atoms with E-state index in [0.717, 1.165) is 0 Å². The molecule has 0 bridgehead atoms. The van der Waals surface area contributed by atoms with Crippen molar-refractivity contribution < 1.29 is 29.7 Å². The van der Waals surface area contributed by atoms with E-state index in [4.69, 9.17) is 4.89 Å². The molecule has 0 rings (SSSR count). The third-order valence-electron chi connectivity index (χ3n) is 0.398. The average Bonchev–Trinajstić information content (AvgIpc) is 1.49. The zero-order valence-electron chi connectivity index (χ0n) is 6.16. The van der Waals surface area contributed by atoms with E-state index in [-0.39, 0.29) is 0 Å². The molecule has 0 unspecified atom stereocenters. The molecule has 0 spiro atoms. The van der Waals surface area contributed by atoms with Gasteiger partial charge in [-0.3, -0.25) is 0 Å². The Labute approximate surface area is 71.6 Å². The third kappa shape index (κ3) is 8.31. The topological polar surface area (TPSA) is 107 Å². The van der Waals surface area contributed by atoms with Crippen molar-refractivity contribution in [1.82, 2.24) is 0 Å². The molecule has 74 valence electrons. The Kier molecular flexibility index (Phi) is 4.01. The molecule has 12 heavy (non-hydrogen) atoms. The normalized spacial score (nSPS) is 13.7. The van der Waals surface area contributed by atoms with Crippen molar-refractivity contribution in [2.45, 2.75) is 0 Å². The monoisotopic (exact) mass is 238 g/mol. The molecule has 0 atom stereocenters. The average molecular weight is 238 g/mol. The van der Waals surface area contributed by atoms with Crippen LogP contribution in [0.25, 0.3) is 0 Å². The molecule has 7 nitrogen and oxygen atoms in total. The van der Waals surface area contributed by atoms with Gasteiger partial charge in [0.25, 0.3) is 20.2 Å². The van der Waals surface area contributed by atoms with Crippen LogP contribution >= 0.6 is 8.60 Å². The lowest BCUT2D eigenvalue weighted by Gasteiger charge is -2.05. The molecular weight excluding hydrogens is 231 g/mol. The molecule has 0 aliphatic heterocycles. The largest absolute Gasteiger partial charge is 0.361 e. The molecule has 0 aliphatic rings. The standard InChI is InChI=1S/C2H7O7PS2/c1-11(4,5)8-10(3)9-12(2,6)7/h3H,1-2H3. The van der Waals surface area contributed by atoms with E-state index in [1.54, 1.807) is 0 Å². The second-order valence-electron chi connectivity index (χ2n) is 1.80. The minimum Gasteiger partial charge on any atom is -0.327 e. The number of hydrogen-bond donors (Lipinski definition) is 1. The van der Waals surface area contributed by atoms with E-state index in [1.165, 1.54) is 0 Å². The molecule has 0 aromatic carbocycles. The van der Waals surface area contributed by atoms with Crippen molar-refractivity contribution in [3.63, 3.8) is 0 Å². The lowest BCUT2D eigenvalue weighted by atomic mass is 12.0. The molecule has 0 aromatic heterocycles. The molecule has 0 radical (unpaired) electrons. The van der Waals surface area contributed by atoms with E-state index in [2.05, 4.69) is 7.94 Å². The van der Waals surface area contributed by atoms with Gasteiger partial charge in [0.15, 0.2) is 0 Å². The Morgan fingerprint density at radius 1 is 1.00 bits per heavy atom. The van der Waals surface area contributed by atoms with Crippen molar-refractivity contribution in [1.29, 1.82) is 0 Å². The second-order valence-corrected chi connectivity index (χ2v) is 6.28. The van der Waals surface area contributed by atoms with Gasteiger partial charge in [0.05, 0.1) is 12.5 Å². The van der Waals surface area contributed by atoms with Gasteiger partial charge < -0.3 is 4.89 Å². The lowest BCUT2D eigenvalue weighted by Crippen LogP contribution is -2.03. The summed E-state index contributed by atoms with van der Waals surface area (Å²) in [7, 11) is -10.7. The van der Waals surface area contributed by atoms with E-state index < -0.39 is 28.8 Å².